The first-order valence-corrected chi connectivity index (χ1v) is 7.69. The number of nitrogens with one attached hydrogen (secondary N) is 1. The minimum Gasteiger partial charge on any atom is -0.478 e. The van der Waals surface area contributed by atoms with Crippen molar-refractivity contribution in [1.29, 1.82) is 0 Å². The summed E-state index contributed by atoms with van der Waals surface area (Å²) in [6.45, 7) is 6.03. The van der Waals surface area contributed by atoms with Gasteiger partial charge in [0.1, 0.15) is 11.6 Å². The van der Waals surface area contributed by atoms with Crippen molar-refractivity contribution in [2.75, 3.05) is 6.54 Å². The lowest BCUT2D eigenvalue weighted by molar-refractivity contribution is -0.145. The summed E-state index contributed by atoms with van der Waals surface area (Å²) in [7, 11) is 0. The molecule has 0 saturated heterocycles. The van der Waals surface area contributed by atoms with Gasteiger partial charge in [-0.2, -0.15) is 0 Å². The van der Waals surface area contributed by atoms with Crippen LogP contribution >= 0.6 is 0 Å². The maximum atomic E-state index is 12.8. The standard InChI is InChI=1S/C17H24FNO4/c1-11(2)8-12(3)9-16(20)19-10-15(17(21)22)23-14-6-4-13(18)5-7-14/h4-7,11-12,15H,8-10H2,1-3H3,(H,19,20)(H,21,22). The van der Waals surface area contributed by atoms with Gasteiger partial charge in [-0.15, -0.1) is 0 Å². The van der Waals surface area contributed by atoms with E-state index in [4.69, 9.17) is 9.84 Å². The highest BCUT2D eigenvalue weighted by atomic mass is 19.1. The highest BCUT2D eigenvalue weighted by Gasteiger charge is 2.21. The van der Waals surface area contributed by atoms with Gasteiger partial charge in [-0.05, 0) is 42.5 Å². The van der Waals surface area contributed by atoms with Crippen LogP contribution in [0.3, 0.4) is 0 Å². The van der Waals surface area contributed by atoms with Crippen molar-refractivity contribution < 1.29 is 23.8 Å². The summed E-state index contributed by atoms with van der Waals surface area (Å²) in [5.74, 6) is -0.850. The fraction of sp³-hybridized carbons (Fsp3) is 0.529. The summed E-state index contributed by atoms with van der Waals surface area (Å²) < 4.78 is 18.1. The van der Waals surface area contributed by atoms with Gasteiger partial charge in [0.15, 0.2) is 0 Å². The molecule has 0 radical (unpaired) electrons. The van der Waals surface area contributed by atoms with E-state index >= 15 is 0 Å². The molecule has 0 aliphatic heterocycles. The molecule has 2 N–H and O–H groups in total. The van der Waals surface area contributed by atoms with Gasteiger partial charge in [0.2, 0.25) is 12.0 Å². The summed E-state index contributed by atoms with van der Waals surface area (Å²) in [5, 5.41) is 11.7. The Morgan fingerprint density at radius 3 is 2.35 bits per heavy atom. The molecule has 23 heavy (non-hydrogen) atoms. The van der Waals surface area contributed by atoms with Gasteiger partial charge in [-0.1, -0.05) is 20.8 Å². The number of rotatable bonds is 9. The van der Waals surface area contributed by atoms with Crippen LogP contribution in [0, 0.1) is 17.7 Å². The molecule has 0 bridgehead atoms. The summed E-state index contributed by atoms with van der Waals surface area (Å²) in [6, 6.07) is 5.05. The van der Waals surface area contributed by atoms with Crippen LogP contribution in [0.1, 0.15) is 33.6 Å². The van der Waals surface area contributed by atoms with Gasteiger partial charge < -0.3 is 15.2 Å². The predicted molar refractivity (Wildman–Crippen MR) is 84.7 cm³/mol. The Kier molecular flexibility index (Phi) is 7.51. The SMILES string of the molecule is CC(C)CC(C)CC(=O)NCC(Oc1ccc(F)cc1)C(=O)O. The third kappa shape index (κ3) is 7.63. The minimum atomic E-state index is -1.22. The number of carboxylic acids is 1. The molecule has 128 valence electrons. The Morgan fingerprint density at radius 2 is 1.83 bits per heavy atom. The molecule has 1 aromatic rings. The van der Waals surface area contributed by atoms with Crippen LogP contribution in [0.25, 0.3) is 0 Å². The number of amides is 1. The van der Waals surface area contributed by atoms with Crippen LogP contribution in [0.4, 0.5) is 4.39 Å². The number of carbonyl (C=O) groups is 2. The van der Waals surface area contributed by atoms with Gasteiger partial charge >= 0.3 is 5.97 Å². The number of halogens is 1. The summed E-state index contributed by atoms with van der Waals surface area (Å²) in [6.07, 6.45) is 0.0629. The molecule has 0 spiro atoms. The van der Waals surface area contributed by atoms with Crippen molar-refractivity contribution in [1.82, 2.24) is 5.32 Å². The molecule has 0 aliphatic rings. The molecule has 0 saturated carbocycles. The van der Waals surface area contributed by atoms with Gasteiger partial charge in [0.25, 0.3) is 0 Å². The van der Waals surface area contributed by atoms with E-state index in [0.717, 1.165) is 6.42 Å². The van der Waals surface area contributed by atoms with Crippen molar-refractivity contribution >= 4 is 11.9 Å². The first-order valence-electron chi connectivity index (χ1n) is 7.69. The van der Waals surface area contributed by atoms with Crippen LogP contribution in [-0.4, -0.2) is 29.6 Å². The van der Waals surface area contributed by atoms with Crippen molar-refractivity contribution in [3.05, 3.63) is 30.1 Å². The lowest BCUT2D eigenvalue weighted by Gasteiger charge is -2.17. The predicted octanol–water partition coefficient (Wildman–Crippen LogP) is 2.85. The number of ether oxygens (including phenoxy) is 1. The van der Waals surface area contributed by atoms with Crippen LogP contribution < -0.4 is 10.1 Å². The molecular formula is C17H24FNO4. The fourth-order valence-electron chi connectivity index (χ4n) is 2.34. The van der Waals surface area contributed by atoms with Crippen LogP contribution in [-0.2, 0) is 9.59 Å². The van der Waals surface area contributed by atoms with Crippen molar-refractivity contribution in [3.63, 3.8) is 0 Å². The van der Waals surface area contributed by atoms with Crippen molar-refractivity contribution in [2.45, 2.75) is 39.7 Å². The summed E-state index contributed by atoms with van der Waals surface area (Å²) >= 11 is 0. The van der Waals surface area contributed by atoms with E-state index in [1.54, 1.807) is 0 Å². The zero-order valence-corrected chi connectivity index (χ0v) is 13.7. The molecule has 1 aromatic carbocycles. The molecule has 0 fully saturated rings. The normalized spacial score (nSPS) is 13.4. The quantitative estimate of drug-likeness (QED) is 0.732. The topological polar surface area (TPSA) is 75.6 Å². The van der Waals surface area contributed by atoms with E-state index in [9.17, 15) is 14.0 Å². The van der Waals surface area contributed by atoms with Crippen LogP contribution in [0.2, 0.25) is 0 Å². The third-order valence-electron chi connectivity index (χ3n) is 3.26. The van der Waals surface area contributed by atoms with Gasteiger partial charge in [-0.3, -0.25) is 4.79 Å². The second kappa shape index (κ2) is 9.12. The Labute approximate surface area is 135 Å². The molecule has 2 atom stereocenters. The van der Waals surface area contributed by atoms with Gasteiger partial charge in [0.05, 0.1) is 6.54 Å². The average Bonchev–Trinajstić information content (AvgIpc) is 2.44. The number of benzene rings is 1. The van der Waals surface area contributed by atoms with Crippen LogP contribution in [0.15, 0.2) is 24.3 Å². The second-order valence-corrected chi connectivity index (χ2v) is 6.14. The number of hydrogen-bond donors (Lipinski definition) is 2. The Bertz CT molecular complexity index is 516. The van der Waals surface area contributed by atoms with Crippen molar-refractivity contribution in [3.8, 4) is 5.75 Å². The number of carboxylic acid groups (broad SMARTS) is 1. The molecular weight excluding hydrogens is 301 g/mol. The largest absolute Gasteiger partial charge is 0.478 e. The summed E-state index contributed by atoms with van der Waals surface area (Å²) in [4.78, 5) is 23.1. The Hall–Kier alpha value is -2.11. The Balaban J connectivity index is 2.48. The highest BCUT2D eigenvalue weighted by molar-refractivity contribution is 5.78. The summed E-state index contributed by atoms with van der Waals surface area (Å²) in [5.41, 5.74) is 0. The number of hydrogen-bond acceptors (Lipinski definition) is 3. The van der Waals surface area contributed by atoms with E-state index in [1.807, 2.05) is 6.92 Å². The zero-order valence-electron chi connectivity index (χ0n) is 13.7. The number of carbonyl (C=O) groups excluding carboxylic acids is 1. The maximum Gasteiger partial charge on any atom is 0.346 e. The third-order valence-corrected chi connectivity index (χ3v) is 3.26. The van der Waals surface area contributed by atoms with E-state index in [1.165, 1.54) is 24.3 Å². The van der Waals surface area contributed by atoms with E-state index in [2.05, 4.69) is 19.2 Å². The van der Waals surface area contributed by atoms with Crippen molar-refractivity contribution in [2.24, 2.45) is 11.8 Å². The molecule has 1 amide bonds. The monoisotopic (exact) mass is 325 g/mol. The Morgan fingerprint density at radius 1 is 1.22 bits per heavy atom. The van der Waals surface area contributed by atoms with E-state index < -0.39 is 17.9 Å². The molecule has 6 heteroatoms. The lowest BCUT2D eigenvalue weighted by Crippen LogP contribution is -2.40. The average molecular weight is 325 g/mol. The van der Waals surface area contributed by atoms with Crippen LogP contribution in [0.5, 0.6) is 5.75 Å². The first-order chi connectivity index (χ1) is 10.8. The molecule has 0 aromatic heterocycles. The second-order valence-electron chi connectivity index (χ2n) is 6.14. The highest BCUT2D eigenvalue weighted by Crippen LogP contribution is 2.15. The van der Waals surface area contributed by atoms with E-state index in [-0.39, 0.29) is 24.1 Å². The molecule has 0 aliphatic carbocycles. The number of aliphatic carboxylic acids is 1. The molecule has 2 unspecified atom stereocenters. The van der Waals surface area contributed by atoms with Gasteiger partial charge in [0, 0.05) is 6.42 Å². The van der Waals surface area contributed by atoms with Gasteiger partial charge in [-0.25, -0.2) is 9.18 Å². The maximum absolute atomic E-state index is 12.8. The van der Waals surface area contributed by atoms with E-state index in [0.29, 0.717) is 12.3 Å². The molecule has 0 heterocycles. The molecule has 1 rings (SSSR count). The minimum absolute atomic E-state index is 0.139. The zero-order chi connectivity index (χ0) is 17.4. The smallest absolute Gasteiger partial charge is 0.346 e. The molecule has 5 nitrogen and oxygen atoms in total. The fourth-order valence-corrected chi connectivity index (χ4v) is 2.34. The first kappa shape index (κ1) is 18.9. The lowest BCUT2D eigenvalue weighted by atomic mass is 9.96.